The summed E-state index contributed by atoms with van der Waals surface area (Å²) in [7, 11) is 0. The van der Waals surface area contributed by atoms with Crippen molar-refractivity contribution in [1.29, 1.82) is 0 Å². The van der Waals surface area contributed by atoms with E-state index in [4.69, 9.17) is 4.42 Å². The fourth-order valence-electron chi connectivity index (χ4n) is 12.0. The molecule has 0 aliphatic carbocycles. The molecular weight excluding hydrogens is 1090 g/mol. The van der Waals surface area contributed by atoms with Crippen molar-refractivity contribution < 1.29 is 4.42 Å². The van der Waals surface area contributed by atoms with E-state index in [9.17, 15) is 0 Å². The van der Waals surface area contributed by atoms with Crippen molar-refractivity contribution in [3.63, 3.8) is 0 Å². The van der Waals surface area contributed by atoms with Crippen LogP contribution >= 0.6 is 11.3 Å². The molecule has 0 atom stereocenters. The average Bonchev–Trinajstić information content (AvgIpc) is 2.49. The molecule has 0 N–H and O–H groups in total. The fraction of sp³-hybridized carbons (Fsp3) is 0. The molecule has 0 unspecified atom stereocenters. The Kier molecular flexibility index (Phi) is 14.6. The number of fused-ring (bicyclic) bond motifs is 6. The van der Waals surface area contributed by atoms with Crippen LogP contribution in [0.15, 0.2) is 356 Å². The van der Waals surface area contributed by atoms with Crippen LogP contribution in [0.1, 0.15) is 0 Å². The van der Waals surface area contributed by atoms with Gasteiger partial charge in [0.15, 0.2) is 0 Å². The average molecular weight is 1140 g/mol. The van der Waals surface area contributed by atoms with Gasteiger partial charge in [-0.25, -0.2) is 0 Å². The Morgan fingerprint density at radius 1 is 0.182 bits per heavy atom. The van der Waals surface area contributed by atoms with Crippen LogP contribution in [0.3, 0.4) is 0 Å². The fourth-order valence-corrected chi connectivity index (χ4v) is 13.1. The van der Waals surface area contributed by atoms with Crippen LogP contribution < -0.4 is 9.80 Å². The quantitative estimate of drug-likeness (QED) is 0.122. The molecule has 4 heteroatoms. The largest absolute Gasteiger partial charge is 0.456 e. The summed E-state index contributed by atoms with van der Waals surface area (Å²) in [5.41, 5.74) is 23.0. The minimum atomic E-state index is 0.913. The van der Waals surface area contributed by atoms with Crippen molar-refractivity contribution in [2.75, 3.05) is 9.80 Å². The van der Waals surface area contributed by atoms with Gasteiger partial charge in [0.1, 0.15) is 11.2 Å². The number of furan rings is 1. The number of nitrogens with zero attached hydrogens (tertiary/aromatic N) is 2. The molecule has 2 aromatic heterocycles. The van der Waals surface area contributed by atoms with Crippen molar-refractivity contribution in [1.82, 2.24) is 0 Å². The first-order valence-electron chi connectivity index (χ1n) is 29.9. The first kappa shape index (κ1) is 53.4. The standard InChI is InChI=1S/C42H29NO.C42H29NS/c2*1-3-9-30(10-4-1)32-15-22-36(23-16-32)43(37-24-17-33(18-25-37)31-11-5-2-6-12-31)38-26-19-34(20-27-38)35-21-28-42-40(29-35)39-13-7-8-14-41(39)44-42/h2*1-29H. The van der Waals surface area contributed by atoms with E-state index in [1.807, 2.05) is 23.5 Å². The van der Waals surface area contributed by atoms with Crippen molar-refractivity contribution in [3.8, 4) is 66.8 Å². The second kappa shape index (κ2) is 24.0. The van der Waals surface area contributed by atoms with Crippen LogP contribution in [-0.2, 0) is 0 Å². The van der Waals surface area contributed by atoms with Gasteiger partial charge in [0.2, 0.25) is 0 Å². The molecule has 2 heterocycles. The van der Waals surface area contributed by atoms with Crippen LogP contribution in [-0.4, -0.2) is 0 Å². The van der Waals surface area contributed by atoms with Crippen molar-refractivity contribution in [3.05, 3.63) is 352 Å². The zero-order chi connectivity index (χ0) is 58.6. The highest BCUT2D eigenvalue weighted by atomic mass is 32.1. The normalized spacial score (nSPS) is 11.2. The molecule has 0 amide bonds. The van der Waals surface area contributed by atoms with Gasteiger partial charge in [0.05, 0.1) is 0 Å². The first-order chi connectivity index (χ1) is 43.6. The predicted molar refractivity (Wildman–Crippen MR) is 375 cm³/mol. The first-order valence-corrected chi connectivity index (χ1v) is 30.7. The Bertz CT molecular complexity index is 4520. The Balaban J connectivity index is 0.000000148. The van der Waals surface area contributed by atoms with Gasteiger partial charge in [0.25, 0.3) is 0 Å². The van der Waals surface area contributed by atoms with E-state index in [2.05, 4.69) is 350 Å². The molecule has 0 saturated heterocycles. The third kappa shape index (κ3) is 10.9. The molecule has 0 aliphatic heterocycles. The van der Waals surface area contributed by atoms with E-state index >= 15 is 0 Å². The van der Waals surface area contributed by atoms with Crippen LogP contribution in [0.4, 0.5) is 34.1 Å². The van der Waals surface area contributed by atoms with Crippen LogP contribution in [0, 0.1) is 0 Å². The summed E-state index contributed by atoms with van der Waals surface area (Å²) >= 11 is 1.86. The maximum Gasteiger partial charge on any atom is 0.135 e. The van der Waals surface area contributed by atoms with Gasteiger partial charge in [-0.3, -0.25) is 0 Å². The Labute approximate surface area is 517 Å². The smallest absolute Gasteiger partial charge is 0.135 e. The lowest BCUT2D eigenvalue weighted by atomic mass is 10.0. The number of hydrogen-bond donors (Lipinski definition) is 0. The number of para-hydroxylation sites is 1. The molecule has 14 aromatic carbocycles. The van der Waals surface area contributed by atoms with E-state index in [-0.39, 0.29) is 0 Å². The SMILES string of the molecule is c1ccc(-c2ccc(N(c3ccc(-c4ccccc4)cc3)c3ccc(-c4ccc5oc6ccccc6c5c4)cc3)cc2)cc1.c1ccc(-c2ccc(N(c3ccc(-c4ccccc4)cc3)c3ccc(-c4ccc5sc6ccccc6c5c4)cc3)cc2)cc1. The third-order valence-corrected chi connectivity index (χ3v) is 17.8. The van der Waals surface area contributed by atoms with Gasteiger partial charge in [0, 0.05) is 65.1 Å². The van der Waals surface area contributed by atoms with E-state index in [1.54, 1.807) is 0 Å². The summed E-state index contributed by atoms with van der Waals surface area (Å²) in [5.74, 6) is 0. The Morgan fingerprint density at radius 2 is 0.443 bits per heavy atom. The Hall–Kier alpha value is -11.3. The number of benzene rings is 14. The highest BCUT2D eigenvalue weighted by Crippen LogP contribution is 2.42. The maximum atomic E-state index is 6.06. The number of anilines is 6. The molecule has 16 aromatic rings. The molecule has 416 valence electrons. The molecule has 0 fully saturated rings. The topological polar surface area (TPSA) is 19.6 Å². The second-order valence-electron chi connectivity index (χ2n) is 22.0. The molecule has 0 radical (unpaired) electrons. The molecule has 0 spiro atoms. The van der Waals surface area contributed by atoms with Crippen molar-refractivity contribution in [2.45, 2.75) is 0 Å². The van der Waals surface area contributed by atoms with E-state index in [1.165, 1.54) is 86.9 Å². The number of rotatable bonds is 12. The lowest BCUT2D eigenvalue weighted by Crippen LogP contribution is -2.09. The molecular formula is C84H58N2OS. The van der Waals surface area contributed by atoms with Gasteiger partial charge in [-0.2, -0.15) is 0 Å². The molecule has 0 saturated carbocycles. The van der Waals surface area contributed by atoms with Crippen LogP contribution in [0.2, 0.25) is 0 Å². The van der Waals surface area contributed by atoms with Crippen LogP contribution in [0.25, 0.3) is 109 Å². The summed E-state index contributed by atoms with van der Waals surface area (Å²) in [6, 6.07) is 126. The summed E-state index contributed by atoms with van der Waals surface area (Å²) in [6.07, 6.45) is 0. The molecule has 3 nitrogen and oxygen atoms in total. The van der Waals surface area contributed by atoms with Gasteiger partial charge in [-0.15, -0.1) is 11.3 Å². The zero-order valence-corrected chi connectivity index (χ0v) is 49.0. The third-order valence-electron chi connectivity index (χ3n) is 16.6. The highest BCUT2D eigenvalue weighted by molar-refractivity contribution is 7.25. The number of hydrogen-bond acceptors (Lipinski definition) is 4. The van der Waals surface area contributed by atoms with Gasteiger partial charge < -0.3 is 14.2 Å². The molecule has 0 aliphatic rings. The van der Waals surface area contributed by atoms with E-state index < -0.39 is 0 Å². The van der Waals surface area contributed by atoms with Crippen LogP contribution in [0.5, 0.6) is 0 Å². The minimum absolute atomic E-state index is 0.913. The summed E-state index contributed by atoms with van der Waals surface area (Å²) in [4.78, 5) is 4.66. The maximum absolute atomic E-state index is 6.06. The van der Waals surface area contributed by atoms with Gasteiger partial charge in [-0.1, -0.05) is 243 Å². The van der Waals surface area contributed by atoms with E-state index in [0.717, 1.165) is 56.1 Å². The van der Waals surface area contributed by atoms with Crippen molar-refractivity contribution in [2.24, 2.45) is 0 Å². The number of thiophene rings is 1. The minimum Gasteiger partial charge on any atom is -0.456 e. The van der Waals surface area contributed by atoms with Crippen molar-refractivity contribution >= 4 is 87.6 Å². The highest BCUT2D eigenvalue weighted by Gasteiger charge is 2.17. The van der Waals surface area contributed by atoms with Gasteiger partial charge in [-0.05, 0) is 176 Å². The monoisotopic (exact) mass is 1140 g/mol. The summed E-state index contributed by atoms with van der Waals surface area (Å²) in [6.45, 7) is 0. The zero-order valence-electron chi connectivity index (χ0n) is 48.2. The molecule has 88 heavy (non-hydrogen) atoms. The van der Waals surface area contributed by atoms with Gasteiger partial charge >= 0.3 is 0 Å². The molecule has 0 bridgehead atoms. The lowest BCUT2D eigenvalue weighted by molar-refractivity contribution is 0.669. The molecule has 16 rings (SSSR count). The Morgan fingerprint density at radius 3 is 0.830 bits per heavy atom. The second-order valence-corrected chi connectivity index (χ2v) is 23.1. The van der Waals surface area contributed by atoms with E-state index in [0.29, 0.717) is 0 Å². The summed E-state index contributed by atoms with van der Waals surface area (Å²) in [5, 5.41) is 4.94. The summed E-state index contributed by atoms with van der Waals surface area (Å²) < 4.78 is 8.72. The lowest BCUT2D eigenvalue weighted by Gasteiger charge is -2.26. The predicted octanol–water partition coefficient (Wildman–Crippen LogP) is 24.6.